The molecular formula is C33H43O6PS. The van der Waals surface area contributed by atoms with E-state index in [0.717, 1.165) is 6.42 Å². The van der Waals surface area contributed by atoms with E-state index in [1.807, 2.05) is 30.3 Å². The minimum absolute atomic E-state index is 0.0837. The third-order valence-electron chi connectivity index (χ3n) is 7.17. The summed E-state index contributed by atoms with van der Waals surface area (Å²) in [5, 5.41) is 0. The molecule has 0 bridgehead atoms. The van der Waals surface area contributed by atoms with Crippen LogP contribution in [0.3, 0.4) is 0 Å². The molecule has 0 aromatic heterocycles. The maximum absolute atomic E-state index is 13.6. The smallest absolute Gasteiger partial charge is 0.463 e. The van der Waals surface area contributed by atoms with Crippen LogP contribution in [0.15, 0.2) is 91.0 Å². The van der Waals surface area contributed by atoms with Gasteiger partial charge in [-0.3, -0.25) is 9.32 Å². The average Bonchev–Trinajstić information content (AvgIpc) is 2.95. The molecule has 0 saturated carbocycles. The molecule has 0 spiro atoms. The lowest BCUT2D eigenvalue weighted by Gasteiger charge is -2.39. The van der Waals surface area contributed by atoms with Gasteiger partial charge in [-0.1, -0.05) is 101 Å². The van der Waals surface area contributed by atoms with Gasteiger partial charge in [0, 0.05) is 4.75 Å². The van der Waals surface area contributed by atoms with E-state index in [4.69, 9.17) is 18.3 Å². The van der Waals surface area contributed by atoms with E-state index in [1.54, 1.807) is 60.3 Å². The predicted octanol–water partition coefficient (Wildman–Crippen LogP) is 9.18. The van der Waals surface area contributed by atoms with Crippen LogP contribution in [0.25, 0.3) is 0 Å². The highest BCUT2D eigenvalue weighted by Crippen LogP contribution is 2.49. The quantitative estimate of drug-likeness (QED) is 0.0925. The summed E-state index contributed by atoms with van der Waals surface area (Å²) in [5.74, 6) is 0.334. The number of carbonyl (C=O) groups excluding carboxylic acids is 1. The standard InChI is InChI=1S/C33H43O6PS/c1-26(27-16-10-7-11-17-27)24-32(2,3)30(25-33(4,5)41-6)31(34)36-22-23-37-40(35,38-28-18-12-8-13-19-28)39-29-20-14-9-15-21-29/h7-21,26,30H,22-25H2,1-6H3. The predicted molar refractivity (Wildman–Crippen MR) is 168 cm³/mol. The van der Waals surface area contributed by atoms with Crippen molar-refractivity contribution in [2.24, 2.45) is 11.3 Å². The lowest BCUT2D eigenvalue weighted by atomic mass is 9.69. The molecule has 0 radical (unpaired) electrons. The topological polar surface area (TPSA) is 71.1 Å². The SMILES string of the molecule is CSC(C)(C)CC(C(=O)OCCOP(=O)(Oc1ccccc1)Oc1ccccc1)C(C)(C)CC(C)c1ccccc1. The summed E-state index contributed by atoms with van der Waals surface area (Å²) in [5.41, 5.74) is 0.917. The third kappa shape index (κ3) is 10.6. The van der Waals surface area contributed by atoms with Gasteiger partial charge in [0.25, 0.3) is 0 Å². The number of carbonyl (C=O) groups is 1. The van der Waals surface area contributed by atoms with Crippen LogP contribution in [-0.2, 0) is 18.6 Å². The van der Waals surface area contributed by atoms with Gasteiger partial charge in [-0.2, -0.15) is 11.8 Å². The van der Waals surface area contributed by atoms with Crippen molar-refractivity contribution < 1.29 is 27.7 Å². The molecule has 0 N–H and O–H groups in total. The minimum atomic E-state index is -4.07. The fourth-order valence-electron chi connectivity index (χ4n) is 4.77. The Balaban J connectivity index is 1.68. The summed E-state index contributed by atoms with van der Waals surface area (Å²) in [6.45, 7) is 10.5. The number of benzene rings is 3. The first kappa shape index (κ1) is 32.8. The van der Waals surface area contributed by atoms with Gasteiger partial charge in [-0.05, 0) is 60.3 Å². The molecule has 0 fully saturated rings. The maximum Gasteiger partial charge on any atom is 0.587 e. The van der Waals surface area contributed by atoms with E-state index in [9.17, 15) is 9.36 Å². The summed E-state index contributed by atoms with van der Waals surface area (Å²) in [6, 6.07) is 27.7. The molecule has 2 atom stereocenters. The number of thioether (sulfide) groups is 1. The van der Waals surface area contributed by atoms with Crippen LogP contribution in [0.5, 0.6) is 11.5 Å². The molecule has 3 aromatic rings. The Labute approximate surface area is 249 Å². The highest BCUT2D eigenvalue weighted by atomic mass is 32.2. The van der Waals surface area contributed by atoms with Gasteiger partial charge in [0.1, 0.15) is 18.1 Å². The molecule has 2 unspecified atom stereocenters. The number of phosphoric ester groups is 1. The summed E-state index contributed by atoms with van der Waals surface area (Å²) in [4.78, 5) is 13.6. The van der Waals surface area contributed by atoms with Crippen LogP contribution in [0.1, 0.15) is 58.9 Å². The Morgan fingerprint density at radius 1 is 0.780 bits per heavy atom. The normalized spacial score (nSPS) is 13.7. The molecular weight excluding hydrogens is 555 g/mol. The van der Waals surface area contributed by atoms with Gasteiger partial charge < -0.3 is 13.8 Å². The van der Waals surface area contributed by atoms with Crippen LogP contribution >= 0.6 is 19.6 Å². The molecule has 0 aliphatic rings. The molecule has 222 valence electrons. The van der Waals surface area contributed by atoms with Crippen LogP contribution in [0.4, 0.5) is 0 Å². The van der Waals surface area contributed by atoms with Gasteiger partial charge in [0.15, 0.2) is 0 Å². The Bertz CT molecular complexity index is 1200. The van der Waals surface area contributed by atoms with Crippen LogP contribution in [0.2, 0.25) is 0 Å². The van der Waals surface area contributed by atoms with Crippen molar-refractivity contribution in [2.75, 3.05) is 19.5 Å². The van der Waals surface area contributed by atoms with Crippen molar-refractivity contribution in [3.63, 3.8) is 0 Å². The second kappa shape index (κ2) is 14.9. The van der Waals surface area contributed by atoms with Crippen LogP contribution < -0.4 is 9.05 Å². The molecule has 3 aromatic carbocycles. The van der Waals surface area contributed by atoms with Crippen molar-refractivity contribution in [1.82, 2.24) is 0 Å². The second-order valence-corrected chi connectivity index (χ2v) is 14.5. The Morgan fingerprint density at radius 3 is 1.76 bits per heavy atom. The first-order valence-electron chi connectivity index (χ1n) is 13.9. The third-order valence-corrected chi connectivity index (χ3v) is 9.81. The maximum atomic E-state index is 13.6. The van der Waals surface area contributed by atoms with E-state index in [1.165, 1.54) is 5.56 Å². The minimum Gasteiger partial charge on any atom is -0.463 e. The van der Waals surface area contributed by atoms with Crippen molar-refractivity contribution >= 4 is 25.6 Å². The van der Waals surface area contributed by atoms with E-state index >= 15 is 0 Å². The number of hydrogen-bond donors (Lipinski definition) is 0. The van der Waals surface area contributed by atoms with E-state index in [-0.39, 0.29) is 41.2 Å². The molecule has 41 heavy (non-hydrogen) atoms. The number of rotatable bonds is 16. The fourth-order valence-corrected chi connectivity index (χ4v) is 6.30. The zero-order chi connectivity index (χ0) is 29.9. The van der Waals surface area contributed by atoms with E-state index in [0.29, 0.717) is 17.9 Å². The van der Waals surface area contributed by atoms with Crippen LogP contribution in [-0.4, -0.2) is 30.2 Å². The lowest BCUT2D eigenvalue weighted by molar-refractivity contribution is -0.154. The molecule has 6 nitrogen and oxygen atoms in total. The Kier molecular flexibility index (Phi) is 12.0. The zero-order valence-electron chi connectivity index (χ0n) is 24.9. The highest BCUT2D eigenvalue weighted by Gasteiger charge is 2.41. The van der Waals surface area contributed by atoms with Gasteiger partial charge in [-0.15, -0.1) is 0 Å². The van der Waals surface area contributed by atoms with Gasteiger partial charge >= 0.3 is 13.8 Å². The monoisotopic (exact) mass is 598 g/mol. The number of ether oxygens (including phenoxy) is 1. The first-order valence-corrected chi connectivity index (χ1v) is 16.6. The number of phosphoric acid groups is 1. The van der Waals surface area contributed by atoms with Gasteiger partial charge in [0.2, 0.25) is 0 Å². The summed E-state index contributed by atoms with van der Waals surface area (Å²) < 4.78 is 36.1. The molecule has 3 rings (SSSR count). The molecule has 0 saturated heterocycles. The number of hydrogen-bond acceptors (Lipinski definition) is 7. The average molecular weight is 599 g/mol. The number of para-hydroxylation sites is 2. The number of esters is 1. The molecule has 8 heteroatoms. The second-order valence-electron chi connectivity index (χ2n) is 11.5. The highest BCUT2D eigenvalue weighted by molar-refractivity contribution is 7.99. The molecule has 0 aliphatic carbocycles. The van der Waals surface area contributed by atoms with E-state index in [2.05, 4.69) is 53.0 Å². The van der Waals surface area contributed by atoms with Crippen molar-refractivity contribution in [1.29, 1.82) is 0 Å². The molecule has 0 heterocycles. The van der Waals surface area contributed by atoms with Crippen LogP contribution in [0, 0.1) is 11.3 Å². The fraction of sp³-hybridized carbons (Fsp3) is 0.424. The largest absolute Gasteiger partial charge is 0.587 e. The first-order chi connectivity index (χ1) is 19.4. The Hall–Kier alpha value is -2.73. The summed E-state index contributed by atoms with van der Waals surface area (Å²) in [6.07, 6.45) is 3.55. The zero-order valence-corrected chi connectivity index (χ0v) is 26.7. The van der Waals surface area contributed by atoms with Gasteiger partial charge in [0.05, 0.1) is 12.5 Å². The summed E-state index contributed by atoms with van der Waals surface area (Å²) >= 11 is 1.74. The van der Waals surface area contributed by atoms with Crippen molar-refractivity contribution in [2.45, 2.75) is 58.1 Å². The molecule has 0 amide bonds. The molecule has 0 aliphatic heterocycles. The van der Waals surface area contributed by atoms with E-state index < -0.39 is 7.82 Å². The summed E-state index contributed by atoms with van der Waals surface area (Å²) in [7, 11) is -4.07. The lowest BCUT2D eigenvalue weighted by Crippen LogP contribution is -2.38. The van der Waals surface area contributed by atoms with Crippen molar-refractivity contribution in [3.05, 3.63) is 96.6 Å². The van der Waals surface area contributed by atoms with Gasteiger partial charge in [-0.25, -0.2) is 4.57 Å². The Morgan fingerprint density at radius 2 is 1.27 bits per heavy atom. The van der Waals surface area contributed by atoms with Crippen molar-refractivity contribution in [3.8, 4) is 11.5 Å².